The van der Waals surface area contributed by atoms with Crippen molar-refractivity contribution < 1.29 is 9.84 Å². The molecule has 0 aliphatic heterocycles. The molecule has 0 aromatic heterocycles. The van der Waals surface area contributed by atoms with Gasteiger partial charge in [0.25, 0.3) is 0 Å². The average molecular weight is 237 g/mol. The first kappa shape index (κ1) is 14.0. The Bertz CT molecular complexity index is 344. The number of aliphatic hydroxyl groups is 1. The Morgan fingerprint density at radius 2 is 1.71 bits per heavy atom. The van der Waals surface area contributed by atoms with Gasteiger partial charge in [-0.25, -0.2) is 0 Å². The Labute approximate surface area is 104 Å². The molecule has 0 spiro atoms. The highest BCUT2D eigenvalue weighted by Crippen LogP contribution is 2.26. The number of benzene rings is 1. The first-order chi connectivity index (χ1) is 7.87. The van der Waals surface area contributed by atoms with Crippen LogP contribution in [0.3, 0.4) is 0 Å². The van der Waals surface area contributed by atoms with E-state index in [0.29, 0.717) is 6.04 Å². The van der Waals surface area contributed by atoms with Crippen LogP contribution in [0.5, 0.6) is 5.75 Å². The predicted octanol–water partition coefficient (Wildman–Crippen LogP) is 2.29. The van der Waals surface area contributed by atoms with Gasteiger partial charge in [-0.3, -0.25) is 0 Å². The van der Waals surface area contributed by atoms with E-state index in [9.17, 15) is 5.11 Å². The van der Waals surface area contributed by atoms with Gasteiger partial charge in [-0.05, 0) is 31.5 Å². The Morgan fingerprint density at radius 1 is 1.18 bits per heavy atom. The fourth-order valence-electron chi connectivity index (χ4n) is 1.84. The van der Waals surface area contributed by atoms with Crippen molar-refractivity contribution in [3.05, 3.63) is 29.8 Å². The van der Waals surface area contributed by atoms with E-state index in [1.807, 2.05) is 38.1 Å². The number of nitrogens with one attached hydrogen (secondary N) is 1. The average Bonchev–Trinajstić information content (AvgIpc) is 2.28. The fraction of sp³-hybridized carbons (Fsp3) is 0.571. The molecule has 3 heteroatoms. The molecular weight excluding hydrogens is 214 g/mol. The summed E-state index contributed by atoms with van der Waals surface area (Å²) in [6, 6.07) is 7.86. The molecule has 2 atom stereocenters. The molecule has 1 rings (SSSR count). The van der Waals surface area contributed by atoms with E-state index in [0.717, 1.165) is 11.3 Å². The van der Waals surface area contributed by atoms with Crippen molar-refractivity contribution in [2.45, 2.75) is 45.4 Å². The summed E-state index contributed by atoms with van der Waals surface area (Å²) in [5.41, 5.74) is -0.00440. The van der Waals surface area contributed by atoms with Gasteiger partial charge in [-0.15, -0.1) is 0 Å². The molecule has 0 aliphatic carbocycles. The van der Waals surface area contributed by atoms with Crippen LogP contribution < -0.4 is 10.1 Å². The second-order valence-corrected chi connectivity index (χ2v) is 4.92. The summed E-state index contributed by atoms with van der Waals surface area (Å²) in [7, 11) is 1.64. The van der Waals surface area contributed by atoms with Crippen molar-refractivity contribution in [1.82, 2.24) is 5.32 Å². The molecule has 0 amide bonds. The van der Waals surface area contributed by atoms with Crippen LogP contribution in [-0.4, -0.2) is 24.3 Å². The SMILES string of the molecule is COc1ccc([C@@](C)(O)[C@H](C)NC(C)C)cc1. The van der Waals surface area contributed by atoms with Gasteiger partial charge in [0, 0.05) is 12.1 Å². The van der Waals surface area contributed by atoms with Crippen molar-refractivity contribution >= 4 is 0 Å². The highest BCUT2D eigenvalue weighted by Gasteiger charge is 2.30. The van der Waals surface area contributed by atoms with Gasteiger partial charge in [0.05, 0.1) is 7.11 Å². The Morgan fingerprint density at radius 3 is 2.12 bits per heavy atom. The van der Waals surface area contributed by atoms with E-state index in [1.54, 1.807) is 7.11 Å². The molecule has 0 aliphatic rings. The van der Waals surface area contributed by atoms with Crippen molar-refractivity contribution in [2.75, 3.05) is 7.11 Å². The summed E-state index contributed by atoms with van der Waals surface area (Å²) in [5, 5.41) is 13.9. The maximum atomic E-state index is 10.6. The second kappa shape index (κ2) is 5.52. The summed E-state index contributed by atoms with van der Waals surface area (Å²) in [6.45, 7) is 7.96. The lowest BCUT2D eigenvalue weighted by atomic mass is 9.89. The van der Waals surface area contributed by atoms with Gasteiger partial charge in [0.2, 0.25) is 0 Å². The Balaban J connectivity index is 2.87. The predicted molar refractivity (Wildman–Crippen MR) is 70.3 cm³/mol. The van der Waals surface area contributed by atoms with E-state index < -0.39 is 5.60 Å². The van der Waals surface area contributed by atoms with E-state index in [1.165, 1.54) is 0 Å². The number of hydrogen-bond donors (Lipinski definition) is 2. The van der Waals surface area contributed by atoms with E-state index in [-0.39, 0.29) is 6.04 Å². The van der Waals surface area contributed by atoms with E-state index in [2.05, 4.69) is 19.2 Å². The topological polar surface area (TPSA) is 41.5 Å². The van der Waals surface area contributed by atoms with Crippen LogP contribution in [0, 0.1) is 0 Å². The molecule has 17 heavy (non-hydrogen) atoms. The van der Waals surface area contributed by atoms with Crippen LogP contribution in [0.2, 0.25) is 0 Å². The summed E-state index contributed by atoms with van der Waals surface area (Å²) < 4.78 is 5.11. The Hall–Kier alpha value is -1.06. The number of ether oxygens (including phenoxy) is 1. The van der Waals surface area contributed by atoms with Crippen LogP contribution in [-0.2, 0) is 5.60 Å². The standard InChI is InChI=1S/C14H23NO2/c1-10(2)15-11(3)14(4,16)12-6-8-13(17-5)9-7-12/h6-11,15-16H,1-5H3/t11-,14-/m0/s1. The zero-order valence-corrected chi connectivity index (χ0v) is 11.3. The van der Waals surface area contributed by atoms with Gasteiger partial charge >= 0.3 is 0 Å². The third-order valence-corrected chi connectivity index (χ3v) is 3.10. The molecule has 1 aromatic carbocycles. The fourth-order valence-corrected chi connectivity index (χ4v) is 1.84. The molecule has 0 saturated carbocycles. The lowest BCUT2D eigenvalue weighted by Gasteiger charge is -2.33. The summed E-state index contributed by atoms with van der Waals surface area (Å²) in [6.07, 6.45) is 0. The summed E-state index contributed by atoms with van der Waals surface area (Å²) in [4.78, 5) is 0. The number of methoxy groups -OCH3 is 1. The van der Waals surface area contributed by atoms with Gasteiger partial charge in [-0.2, -0.15) is 0 Å². The van der Waals surface area contributed by atoms with E-state index >= 15 is 0 Å². The smallest absolute Gasteiger partial charge is 0.118 e. The first-order valence-corrected chi connectivity index (χ1v) is 6.01. The molecule has 1 aromatic rings. The van der Waals surface area contributed by atoms with Gasteiger partial charge in [0.15, 0.2) is 0 Å². The van der Waals surface area contributed by atoms with Crippen molar-refractivity contribution in [1.29, 1.82) is 0 Å². The van der Waals surface area contributed by atoms with Crippen LogP contribution in [0.25, 0.3) is 0 Å². The van der Waals surface area contributed by atoms with Crippen LogP contribution in [0.15, 0.2) is 24.3 Å². The third-order valence-electron chi connectivity index (χ3n) is 3.10. The van der Waals surface area contributed by atoms with Crippen LogP contribution >= 0.6 is 0 Å². The van der Waals surface area contributed by atoms with Crippen molar-refractivity contribution in [3.8, 4) is 5.75 Å². The third kappa shape index (κ3) is 3.45. The normalized spacial score (nSPS) is 16.6. The molecule has 0 bridgehead atoms. The minimum Gasteiger partial charge on any atom is -0.497 e. The molecule has 0 fully saturated rings. The Kier molecular flexibility index (Phi) is 4.54. The molecule has 0 saturated heterocycles. The van der Waals surface area contributed by atoms with Crippen LogP contribution in [0.1, 0.15) is 33.3 Å². The molecule has 2 N–H and O–H groups in total. The molecular formula is C14H23NO2. The number of hydrogen-bond acceptors (Lipinski definition) is 3. The summed E-state index contributed by atoms with van der Waals surface area (Å²) >= 11 is 0. The minimum absolute atomic E-state index is 0.0177. The van der Waals surface area contributed by atoms with Crippen molar-refractivity contribution in [2.24, 2.45) is 0 Å². The van der Waals surface area contributed by atoms with Gasteiger partial charge in [0.1, 0.15) is 11.4 Å². The second-order valence-electron chi connectivity index (χ2n) is 4.92. The first-order valence-electron chi connectivity index (χ1n) is 6.01. The zero-order valence-electron chi connectivity index (χ0n) is 11.3. The monoisotopic (exact) mass is 237 g/mol. The quantitative estimate of drug-likeness (QED) is 0.825. The molecule has 96 valence electrons. The van der Waals surface area contributed by atoms with Crippen LogP contribution in [0.4, 0.5) is 0 Å². The number of rotatable bonds is 5. The highest BCUT2D eigenvalue weighted by atomic mass is 16.5. The van der Waals surface area contributed by atoms with Crippen molar-refractivity contribution in [3.63, 3.8) is 0 Å². The molecule has 0 radical (unpaired) electrons. The highest BCUT2D eigenvalue weighted by molar-refractivity contribution is 5.31. The minimum atomic E-state index is -0.892. The maximum Gasteiger partial charge on any atom is 0.118 e. The van der Waals surface area contributed by atoms with Gasteiger partial charge < -0.3 is 15.2 Å². The van der Waals surface area contributed by atoms with E-state index in [4.69, 9.17) is 4.74 Å². The molecule has 0 unspecified atom stereocenters. The largest absolute Gasteiger partial charge is 0.497 e. The zero-order chi connectivity index (χ0) is 13.1. The lowest BCUT2D eigenvalue weighted by Crippen LogP contribution is -2.47. The molecule has 3 nitrogen and oxygen atoms in total. The molecule has 0 heterocycles. The van der Waals surface area contributed by atoms with Gasteiger partial charge in [-0.1, -0.05) is 26.0 Å². The lowest BCUT2D eigenvalue weighted by molar-refractivity contribution is 0.0186. The summed E-state index contributed by atoms with van der Waals surface area (Å²) in [5.74, 6) is 0.800. The maximum absolute atomic E-state index is 10.6.